The highest BCUT2D eigenvalue weighted by Gasteiger charge is 2.07. The van der Waals surface area contributed by atoms with Crippen LogP contribution in [0.3, 0.4) is 0 Å². The fraction of sp³-hybridized carbons (Fsp3) is 0.406. The van der Waals surface area contributed by atoms with Crippen LogP contribution in [-0.4, -0.2) is 35.1 Å². The minimum absolute atomic E-state index is 0.0923. The Labute approximate surface area is 226 Å². The molecular weight excluding hydrogens is 476 g/mol. The van der Waals surface area contributed by atoms with Gasteiger partial charge in [0.25, 0.3) is 5.91 Å². The first-order valence-corrected chi connectivity index (χ1v) is 13.7. The van der Waals surface area contributed by atoms with E-state index in [0.717, 1.165) is 37.9 Å². The molecule has 1 aromatic heterocycles. The molecule has 0 fully saturated rings. The van der Waals surface area contributed by atoms with Crippen LogP contribution >= 0.6 is 0 Å². The zero-order chi connectivity index (χ0) is 27.2. The number of nitrogens with one attached hydrogen (secondary N) is 1. The minimum Gasteiger partial charge on any atom is -0.494 e. The van der Waals surface area contributed by atoms with Gasteiger partial charge in [-0.2, -0.15) is 0 Å². The summed E-state index contributed by atoms with van der Waals surface area (Å²) in [5.74, 6) is 0.178. The SMILES string of the molecule is CC(C)Cc1ccc(-c2cncc(CCCCCCCOc3ccc(C(=O)NCCC(=O)O)cc3)c2)cc1. The van der Waals surface area contributed by atoms with Crippen LogP contribution in [0.15, 0.2) is 67.0 Å². The van der Waals surface area contributed by atoms with Gasteiger partial charge >= 0.3 is 5.97 Å². The van der Waals surface area contributed by atoms with E-state index in [0.29, 0.717) is 18.1 Å². The van der Waals surface area contributed by atoms with E-state index in [9.17, 15) is 9.59 Å². The van der Waals surface area contributed by atoms with Crippen LogP contribution in [0.5, 0.6) is 5.75 Å². The average molecular weight is 517 g/mol. The molecule has 6 heteroatoms. The number of aliphatic carboxylic acids is 1. The Bertz CT molecular complexity index is 1140. The van der Waals surface area contributed by atoms with Crippen molar-refractivity contribution in [3.8, 4) is 16.9 Å². The molecule has 3 rings (SSSR count). The Morgan fingerprint density at radius 2 is 1.58 bits per heavy atom. The fourth-order valence-corrected chi connectivity index (χ4v) is 4.33. The summed E-state index contributed by atoms with van der Waals surface area (Å²) in [6.45, 7) is 5.25. The molecule has 2 N–H and O–H groups in total. The Balaban J connectivity index is 1.29. The lowest BCUT2D eigenvalue weighted by molar-refractivity contribution is -0.136. The van der Waals surface area contributed by atoms with E-state index in [2.05, 4.69) is 54.5 Å². The first-order chi connectivity index (χ1) is 18.4. The maximum atomic E-state index is 12.0. The molecule has 0 atom stereocenters. The molecule has 2 aromatic carbocycles. The van der Waals surface area contributed by atoms with Gasteiger partial charge in [-0.15, -0.1) is 0 Å². The highest BCUT2D eigenvalue weighted by atomic mass is 16.5. The third-order valence-electron chi connectivity index (χ3n) is 6.35. The number of carbonyl (C=O) groups excluding carboxylic acids is 1. The lowest BCUT2D eigenvalue weighted by atomic mass is 9.98. The molecular formula is C32H40N2O4. The number of carboxylic acids is 1. The summed E-state index contributed by atoms with van der Waals surface area (Å²) in [4.78, 5) is 27.0. The molecule has 0 unspecified atom stereocenters. The molecule has 0 spiro atoms. The number of nitrogens with zero attached hydrogens (tertiary/aromatic N) is 1. The van der Waals surface area contributed by atoms with Crippen molar-refractivity contribution in [2.75, 3.05) is 13.2 Å². The van der Waals surface area contributed by atoms with Crippen LogP contribution in [0.25, 0.3) is 11.1 Å². The zero-order valence-electron chi connectivity index (χ0n) is 22.6. The largest absolute Gasteiger partial charge is 0.494 e. The number of ether oxygens (including phenoxy) is 1. The molecule has 202 valence electrons. The number of pyridine rings is 1. The molecule has 0 saturated carbocycles. The minimum atomic E-state index is -0.935. The number of amides is 1. The number of benzene rings is 2. The average Bonchev–Trinajstić information content (AvgIpc) is 2.90. The number of rotatable bonds is 16. The number of carboxylic acid groups (broad SMARTS) is 1. The van der Waals surface area contributed by atoms with E-state index >= 15 is 0 Å². The fourth-order valence-electron chi connectivity index (χ4n) is 4.33. The highest BCUT2D eigenvalue weighted by molar-refractivity contribution is 5.94. The first kappa shape index (κ1) is 28.9. The standard InChI is InChI=1S/C32H40N2O4/c1-24(2)20-25-9-11-27(12-10-25)29-21-26(22-33-23-29)8-6-4-3-5-7-19-38-30-15-13-28(14-16-30)32(37)34-18-17-31(35)36/h9-16,21-24H,3-8,17-20H2,1-2H3,(H,34,37)(H,35,36). The van der Waals surface area contributed by atoms with Crippen molar-refractivity contribution in [2.24, 2.45) is 5.92 Å². The summed E-state index contributed by atoms with van der Waals surface area (Å²) >= 11 is 0. The molecule has 3 aromatic rings. The van der Waals surface area contributed by atoms with E-state index in [1.807, 2.05) is 12.4 Å². The molecule has 0 radical (unpaired) electrons. The third kappa shape index (κ3) is 10.4. The molecule has 0 saturated heterocycles. The molecule has 6 nitrogen and oxygen atoms in total. The van der Waals surface area contributed by atoms with Crippen molar-refractivity contribution in [1.29, 1.82) is 0 Å². The van der Waals surface area contributed by atoms with Crippen LogP contribution in [0.1, 0.15) is 73.9 Å². The second-order valence-electron chi connectivity index (χ2n) is 10.2. The van der Waals surface area contributed by atoms with Crippen molar-refractivity contribution in [3.05, 3.63) is 83.7 Å². The van der Waals surface area contributed by atoms with Crippen LogP contribution in [0.2, 0.25) is 0 Å². The molecule has 0 aliphatic heterocycles. The lowest BCUT2D eigenvalue weighted by Crippen LogP contribution is -2.25. The van der Waals surface area contributed by atoms with Crippen LogP contribution in [0.4, 0.5) is 0 Å². The topological polar surface area (TPSA) is 88.5 Å². The number of hydrogen-bond acceptors (Lipinski definition) is 4. The number of unbranched alkanes of at least 4 members (excludes halogenated alkanes) is 4. The zero-order valence-corrected chi connectivity index (χ0v) is 22.6. The van der Waals surface area contributed by atoms with Gasteiger partial charge in [-0.1, -0.05) is 57.4 Å². The second-order valence-corrected chi connectivity index (χ2v) is 10.2. The Morgan fingerprint density at radius 1 is 0.868 bits per heavy atom. The van der Waals surface area contributed by atoms with Gasteiger partial charge in [0.05, 0.1) is 13.0 Å². The maximum Gasteiger partial charge on any atom is 0.305 e. The Kier molecular flexibility index (Phi) is 11.8. The summed E-state index contributed by atoms with van der Waals surface area (Å²) < 4.78 is 5.79. The van der Waals surface area contributed by atoms with Crippen molar-refractivity contribution in [1.82, 2.24) is 10.3 Å². The molecule has 0 bridgehead atoms. The van der Waals surface area contributed by atoms with E-state index in [-0.39, 0.29) is 18.9 Å². The highest BCUT2D eigenvalue weighted by Crippen LogP contribution is 2.22. The number of aromatic nitrogens is 1. The van der Waals surface area contributed by atoms with Gasteiger partial charge in [-0.05, 0) is 78.6 Å². The quantitative estimate of drug-likeness (QED) is 0.206. The van der Waals surface area contributed by atoms with Crippen molar-refractivity contribution < 1.29 is 19.4 Å². The maximum absolute atomic E-state index is 12.0. The third-order valence-corrected chi connectivity index (χ3v) is 6.35. The summed E-state index contributed by atoms with van der Waals surface area (Å²) in [5.41, 5.74) is 5.56. The summed E-state index contributed by atoms with van der Waals surface area (Å²) in [5, 5.41) is 11.2. The Hall–Kier alpha value is -3.67. The van der Waals surface area contributed by atoms with Gasteiger partial charge in [0.2, 0.25) is 0 Å². The van der Waals surface area contributed by atoms with Crippen molar-refractivity contribution in [3.63, 3.8) is 0 Å². The van der Waals surface area contributed by atoms with Gasteiger partial charge in [0, 0.05) is 30.1 Å². The van der Waals surface area contributed by atoms with Gasteiger partial charge in [0.1, 0.15) is 5.75 Å². The van der Waals surface area contributed by atoms with E-state index < -0.39 is 5.97 Å². The number of carbonyl (C=O) groups is 2. The normalized spacial score (nSPS) is 10.9. The van der Waals surface area contributed by atoms with Crippen molar-refractivity contribution in [2.45, 2.75) is 65.2 Å². The monoisotopic (exact) mass is 516 g/mol. The van der Waals surface area contributed by atoms with Crippen LogP contribution in [0, 0.1) is 5.92 Å². The van der Waals surface area contributed by atoms with E-state index in [1.54, 1.807) is 24.3 Å². The predicted molar refractivity (Wildman–Crippen MR) is 152 cm³/mol. The van der Waals surface area contributed by atoms with E-state index in [4.69, 9.17) is 9.84 Å². The molecule has 1 heterocycles. The lowest BCUT2D eigenvalue weighted by Gasteiger charge is -2.09. The van der Waals surface area contributed by atoms with E-state index in [1.165, 1.54) is 35.1 Å². The smallest absolute Gasteiger partial charge is 0.305 e. The molecule has 0 aliphatic rings. The molecule has 0 aliphatic carbocycles. The first-order valence-electron chi connectivity index (χ1n) is 13.7. The van der Waals surface area contributed by atoms with Crippen molar-refractivity contribution >= 4 is 11.9 Å². The molecule has 1 amide bonds. The molecule has 38 heavy (non-hydrogen) atoms. The van der Waals surface area contributed by atoms with Crippen LogP contribution < -0.4 is 10.1 Å². The summed E-state index contributed by atoms with van der Waals surface area (Å²) in [6.07, 6.45) is 11.6. The second kappa shape index (κ2) is 15.6. The summed E-state index contributed by atoms with van der Waals surface area (Å²) in [7, 11) is 0. The van der Waals surface area contributed by atoms with Gasteiger partial charge in [-0.3, -0.25) is 14.6 Å². The number of hydrogen-bond donors (Lipinski definition) is 2. The Morgan fingerprint density at radius 3 is 2.29 bits per heavy atom. The van der Waals surface area contributed by atoms with Gasteiger partial charge < -0.3 is 15.2 Å². The van der Waals surface area contributed by atoms with Gasteiger partial charge in [-0.25, -0.2) is 0 Å². The van der Waals surface area contributed by atoms with Gasteiger partial charge in [0.15, 0.2) is 0 Å². The predicted octanol–water partition coefficient (Wildman–Crippen LogP) is 6.72. The number of aryl methyl sites for hydroxylation is 1. The van der Waals surface area contributed by atoms with Crippen LogP contribution in [-0.2, 0) is 17.6 Å². The summed E-state index contributed by atoms with van der Waals surface area (Å²) in [6, 6.07) is 18.1.